The van der Waals surface area contributed by atoms with E-state index in [1.165, 1.54) is 23.5 Å². The molecule has 1 unspecified atom stereocenters. The molecule has 0 aliphatic carbocycles. The zero-order valence-electron chi connectivity index (χ0n) is 14.4. The molecule has 2 aromatic carbocycles. The number of hydrogen-bond donors (Lipinski definition) is 1. The maximum atomic E-state index is 13.0. The van der Waals surface area contributed by atoms with Gasteiger partial charge in [0, 0.05) is 28.9 Å². The third-order valence-corrected chi connectivity index (χ3v) is 5.46. The molecule has 0 saturated heterocycles. The molecule has 0 radical (unpaired) electrons. The lowest BCUT2D eigenvalue weighted by Gasteiger charge is -2.23. The van der Waals surface area contributed by atoms with Crippen LogP contribution in [0.25, 0.3) is 0 Å². The molecular weight excluding hydrogens is 403 g/mol. The van der Waals surface area contributed by atoms with E-state index in [1.807, 2.05) is 0 Å². The lowest BCUT2D eigenvalue weighted by molar-refractivity contribution is -0.125. The average Bonchev–Trinajstić information content (AvgIpc) is 3.10. The summed E-state index contributed by atoms with van der Waals surface area (Å²) in [6, 6.07) is 11.1. The zero-order chi connectivity index (χ0) is 19.7. The standard InChI is InChI=1S/C20H14ClFN2O3S/c21-13-3-6-16-12(8-13)9-17(27-19(16)26)18(25)24-20-23-10-15(28-20)7-11-1-4-14(22)5-2-11/h1-6,8,10,17H,7,9H2,(H,23,24,25). The van der Waals surface area contributed by atoms with Crippen LogP contribution in [0, 0.1) is 5.82 Å². The normalized spacial score (nSPS) is 15.6. The minimum absolute atomic E-state index is 0.251. The number of anilines is 1. The number of cyclic esters (lactones) is 1. The molecule has 1 aromatic heterocycles. The summed E-state index contributed by atoms with van der Waals surface area (Å²) in [7, 11) is 0. The van der Waals surface area contributed by atoms with E-state index in [0.717, 1.165) is 10.4 Å². The number of amides is 1. The number of carbonyl (C=O) groups excluding carboxylic acids is 2. The van der Waals surface area contributed by atoms with Gasteiger partial charge in [0.1, 0.15) is 5.82 Å². The van der Waals surface area contributed by atoms with Crippen LogP contribution >= 0.6 is 22.9 Å². The molecule has 1 N–H and O–H groups in total. The van der Waals surface area contributed by atoms with Crippen LogP contribution in [-0.2, 0) is 22.4 Å². The number of benzene rings is 2. The van der Waals surface area contributed by atoms with Crippen LogP contribution in [0.5, 0.6) is 0 Å². The fraction of sp³-hybridized carbons (Fsp3) is 0.150. The molecule has 142 valence electrons. The van der Waals surface area contributed by atoms with E-state index < -0.39 is 18.0 Å². The molecule has 1 aliphatic rings. The Morgan fingerprint density at radius 3 is 2.86 bits per heavy atom. The highest BCUT2D eigenvalue weighted by atomic mass is 35.5. The number of thiazole rings is 1. The molecule has 1 atom stereocenters. The van der Waals surface area contributed by atoms with Gasteiger partial charge in [0.2, 0.25) is 0 Å². The molecule has 8 heteroatoms. The van der Waals surface area contributed by atoms with Gasteiger partial charge in [-0.05, 0) is 41.5 Å². The molecule has 0 spiro atoms. The lowest BCUT2D eigenvalue weighted by atomic mass is 9.98. The van der Waals surface area contributed by atoms with Crippen LogP contribution in [0.4, 0.5) is 9.52 Å². The number of ether oxygens (including phenoxy) is 1. The van der Waals surface area contributed by atoms with Crippen LogP contribution in [0.1, 0.15) is 26.4 Å². The molecule has 4 rings (SSSR count). The molecule has 28 heavy (non-hydrogen) atoms. The summed E-state index contributed by atoms with van der Waals surface area (Å²) in [5, 5.41) is 3.60. The quantitative estimate of drug-likeness (QED) is 0.646. The van der Waals surface area contributed by atoms with Crippen molar-refractivity contribution in [1.82, 2.24) is 4.98 Å². The Balaban J connectivity index is 1.42. The molecule has 3 aromatic rings. The van der Waals surface area contributed by atoms with Gasteiger partial charge < -0.3 is 4.74 Å². The summed E-state index contributed by atoms with van der Waals surface area (Å²) in [4.78, 5) is 29.7. The Kier molecular flexibility index (Phi) is 5.11. The molecule has 1 aliphatic heterocycles. The zero-order valence-corrected chi connectivity index (χ0v) is 16.0. The Bertz CT molecular complexity index is 1050. The summed E-state index contributed by atoms with van der Waals surface area (Å²) in [6.45, 7) is 0. The van der Waals surface area contributed by atoms with Gasteiger partial charge in [0.05, 0.1) is 5.56 Å². The van der Waals surface area contributed by atoms with E-state index in [4.69, 9.17) is 16.3 Å². The van der Waals surface area contributed by atoms with Gasteiger partial charge in [0.25, 0.3) is 5.91 Å². The number of aromatic nitrogens is 1. The van der Waals surface area contributed by atoms with Gasteiger partial charge in [-0.2, -0.15) is 0 Å². The van der Waals surface area contributed by atoms with Crippen molar-refractivity contribution in [2.75, 3.05) is 5.32 Å². The average molecular weight is 417 g/mol. The summed E-state index contributed by atoms with van der Waals surface area (Å²) >= 11 is 7.29. The number of nitrogens with zero attached hydrogens (tertiary/aromatic N) is 1. The monoisotopic (exact) mass is 416 g/mol. The van der Waals surface area contributed by atoms with Gasteiger partial charge in [-0.3, -0.25) is 10.1 Å². The molecule has 2 heterocycles. The maximum absolute atomic E-state index is 13.0. The second-order valence-electron chi connectivity index (χ2n) is 6.32. The summed E-state index contributed by atoms with van der Waals surface area (Å²) < 4.78 is 18.2. The van der Waals surface area contributed by atoms with Gasteiger partial charge in [0.15, 0.2) is 11.2 Å². The van der Waals surface area contributed by atoms with Crippen molar-refractivity contribution in [2.24, 2.45) is 0 Å². The fourth-order valence-corrected chi connectivity index (χ4v) is 3.99. The van der Waals surface area contributed by atoms with E-state index in [1.54, 1.807) is 36.5 Å². The van der Waals surface area contributed by atoms with Crippen LogP contribution in [0.3, 0.4) is 0 Å². The SMILES string of the molecule is O=C1OC(C(=O)Nc2ncc(Cc3ccc(F)cc3)s2)Cc2cc(Cl)ccc21. The summed E-state index contributed by atoms with van der Waals surface area (Å²) in [6.07, 6.45) is 1.55. The van der Waals surface area contributed by atoms with E-state index >= 15 is 0 Å². The summed E-state index contributed by atoms with van der Waals surface area (Å²) in [5.74, 6) is -1.28. The molecule has 5 nitrogen and oxygen atoms in total. The first-order valence-corrected chi connectivity index (χ1v) is 9.67. The van der Waals surface area contributed by atoms with Crippen molar-refractivity contribution >= 4 is 39.9 Å². The molecule has 1 amide bonds. The van der Waals surface area contributed by atoms with Crippen molar-refractivity contribution < 1.29 is 18.7 Å². The lowest BCUT2D eigenvalue weighted by Crippen LogP contribution is -2.37. The van der Waals surface area contributed by atoms with Crippen molar-refractivity contribution in [3.63, 3.8) is 0 Å². The number of carbonyl (C=O) groups is 2. The predicted octanol–water partition coefficient (Wildman–Crippen LogP) is 4.25. The number of hydrogen-bond acceptors (Lipinski definition) is 5. The Labute approximate surface area is 169 Å². The Hall–Kier alpha value is -2.77. The van der Waals surface area contributed by atoms with E-state index in [-0.39, 0.29) is 12.2 Å². The van der Waals surface area contributed by atoms with Gasteiger partial charge in [-0.1, -0.05) is 23.7 Å². The highest BCUT2D eigenvalue weighted by molar-refractivity contribution is 7.15. The number of fused-ring (bicyclic) bond motifs is 1. The highest BCUT2D eigenvalue weighted by Gasteiger charge is 2.31. The molecule has 0 fully saturated rings. The second-order valence-corrected chi connectivity index (χ2v) is 7.88. The van der Waals surface area contributed by atoms with Crippen LogP contribution in [0.15, 0.2) is 48.7 Å². The third-order valence-electron chi connectivity index (χ3n) is 4.31. The second kappa shape index (κ2) is 7.69. The van der Waals surface area contributed by atoms with Crippen molar-refractivity contribution in [1.29, 1.82) is 0 Å². The Morgan fingerprint density at radius 1 is 1.29 bits per heavy atom. The Morgan fingerprint density at radius 2 is 2.07 bits per heavy atom. The highest BCUT2D eigenvalue weighted by Crippen LogP contribution is 2.26. The largest absolute Gasteiger partial charge is 0.448 e. The molecule has 0 saturated carbocycles. The topological polar surface area (TPSA) is 68.3 Å². The molecule has 0 bridgehead atoms. The minimum Gasteiger partial charge on any atom is -0.448 e. The maximum Gasteiger partial charge on any atom is 0.339 e. The summed E-state index contributed by atoms with van der Waals surface area (Å²) in [5.41, 5.74) is 2.04. The van der Waals surface area contributed by atoms with Crippen molar-refractivity contribution in [3.8, 4) is 0 Å². The first-order chi connectivity index (χ1) is 13.5. The van der Waals surface area contributed by atoms with E-state index in [0.29, 0.717) is 27.7 Å². The minimum atomic E-state index is -0.942. The smallest absolute Gasteiger partial charge is 0.339 e. The third kappa shape index (κ3) is 4.05. The first kappa shape index (κ1) is 18.6. The van der Waals surface area contributed by atoms with Gasteiger partial charge in [-0.15, -0.1) is 11.3 Å². The number of esters is 1. The van der Waals surface area contributed by atoms with E-state index in [2.05, 4.69) is 10.3 Å². The number of nitrogens with one attached hydrogen (secondary N) is 1. The van der Waals surface area contributed by atoms with Crippen LogP contribution in [0.2, 0.25) is 5.02 Å². The number of rotatable bonds is 4. The van der Waals surface area contributed by atoms with Gasteiger partial charge >= 0.3 is 5.97 Å². The number of halogens is 2. The van der Waals surface area contributed by atoms with Crippen LogP contribution in [-0.4, -0.2) is 23.0 Å². The molecular formula is C20H14ClFN2O3S. The predicted molar refractivity (Wildman–Crippen MR) is 104 cm³/mol. The van der Waals surface area contributed by atoms with Crippen molar-refractivity contribution in [2.45, 2.75) is 18.9 Å². The van der Waals surface area contributed by atoms with Gasteiger partial charge in [-0.25, -0.2) is 14.2 Å². The van der Waals surface area contributed by atoms with Crippen molar-refractivity contribution in [3.05, 3.63) is 81.1 Å². The first-order valence-electron chi connectivity index (χ1n) is 8.47. The fourth-order valence-electron chi connectivity index (χ4n) is 2.95. The van der Waals surface area contributed by atoms with E-state index in [9.17, 15) is 14.0 Å². The van der Waals surface area contributed by atoms with Crippen LogP contribution < -0.4 is 5.32 Å².